The summed E-state index contributed by atoms with van der Waals surface area (Å²) in [7, 11) is 0. The number of urea groups is 1. The molecule has 0 spiro atoms. The molecule has 3 rings (SSSR count). The van der Waals surface area contributed by atoms with E-state index < -0.39 is 17.8 Å². The fourth-order valence-corrected chi connectivity index (χ4v) is 3.08. The van der Waals surface area contributed by atoms with Crippen molar-refractivity contribution in [3.05, 3.63) is 57.8 Å². The molecule has 2 heterocycles. The summed E-state index contributed by atoms with van der Waals surface area (Å²) >= 11 is 1.41. The number of hydrogen-bond acceptors (Lipinski definition) is 4. The Morgan fingerprint density at radius 3 is 2.61 bits per heavy atom. The molecule has 4 amide bonds. The van der Waals surface area contributed by atoms with Crippen molar-refractivity contribution in [1.29, 1.82) is 0 Å². The number of para-hydroxylation sites is 1. The SMILES string of the molecule is CCc1ccccc1N1C(=O)NC(=O)C(=Cc2cccs2)C1=O. The molecule has 0 aliphatic carbocycles. The van der Waals surface area contributed by atoms with Crippen LogP contribution in [0.5, 0.6) is 0 Å². The Kier molecular flexibility index (Phi) is 4.08. The number of barbiturate groups is 1. The van der Waals surface area contributed by atoms with E-state index in [0.717, 1.165) is 15.3 Å². The van der Waals surface area contributed by atoms with Crippen molar-refractivity contribution < 1.29 is 14.4 Å². The predicted octanol–water partition coefficient (Wildman–Crippen LogP) is 2.98. The summed E-state index contributed by atoms with van der Waals surface area (Å²) in [5.74, 6) is -1.27. The van der Waals surface area contributed by atoms with Crippen LogP contribution < -0.4 is 10.2 Å². The molecule has 0 atom stereocenters. The maximum Gasteiger partial charge on any atom is 0.335 e. The number of thiophene rings is 1. The van der Waals surface area contributed by atoms with Gasteiger partial charge in [0.05, 0.1) is 5.69 Å². The monoisotopic (exact) mass is 326 g/mol. The summed E-state index contributed by atoms with van der Waals surface area (Å²) in [6, 6.07) is 10.1. The summed E-state index contributed by atoms with van der Waals surface area (Å²) in [4.78, 5) is 38.7. The van der Waals surface area contributed by atoms with E-state index in [2.05, 4.69) is 5.32 Å². The first-order valence-corrected chi connectivity index (χ1v) is 8.02. The largest absolute Gasteiger partial charge is 0.335 e. The summed E-state index contributed by atoms with van der Waals surface area (Å²) < 4.78 is 0. The van der Waals surface area contributed by atoms with E-state index in [1.165, 1.54) is 17.4 Å². The molecular formula is C17H14N2O3S. The molecule has 6 heteroatoms. The van der Waals surface area contributed by atoms with E-state index in [0.29, 0.717) is 12.1 Å². The number of carbonyl (C=O) groups excluding carboxylic acids is 3. The van der Waals surface area contributed by atoms with Crippen LogP contribution in [0, 0.1) is 0 Å². The number of aryl methyl sites for hydroxylation is 1. The molecular weight excluding hydrogens is 312 g/mol. The molecule has 1 aromatic heterocycles. The fourth-order valence-electron chi connectivity index (χ4n) is 2.42. The van der Waals surface area contributed by atoms with Gasteiger partial charge in [-0.25, -0.2) is 9.69 Å². The van der Waals surface area contributed by atoms with Crippen LogP contribution in [0.2, 0.25) is 0 Å². The van der Waals surface area contributed by atoms with Crippen molar-refractivity contribution >= 4 is 40.9 Å². The molecule has 1 fully saturated rings. The third kappa shape index (κ3) is 2.80. The summed E-state index contributed by atoms with van der Waals surface area (Å²) in [5, 5.41) is 4.09. The minimum Gasteiger partial charge on any atom is -0.273 e. The second-order valence-electron chi connectivity index (χ2n) is 4.96. The van der Waals surface area contributed by atoms with Crippen LogP contribution in [0.4, 0.5) is 10.5 Å². The van der Waals surface area contributed by atoms with Gasteiger partial charge in [-0.05, 0) is 35.6 Å². The number of nitrogens with one attached hydrogen (secondary N) is 1. The summed E-state index contributed by atoms with van der Waals surface area (Å²) in [5.41, 5.74) is 1.32. The number of anilines is 1. The molecule has 23 heavy (non-hydrogen) atoms. The highest BCUT2D eigenvalue weighted by atomic mass is 32.1. The Morgan fingerprint density at radius 1 is 1.13 bits per heavy atom. The van der Waals surface area contributed by atoms with E-state index >= 15 is 0 Å². The molecule has 116 valence electrons. The van der Waals surface area contributed by atoms with Crippen molar-refractivity contribution in [2.75, 3.05) is 4.90 Å². The Labute approximate surface area is 137 Å². The maximum absolute atomic E-state index is 12.7. The topological polar surface area (TPSA) is 66.5 Å². The average molecular weight is 326 g/mol. The zero-order valence-electron chi connectivity index (χ0n) is 12.4. The van der Waals surface area contributed by atoms with Crippen LogP contribution in [0.1, 0.15) is 17.4 Å². The lowest BCUT2D eigenvalue weighted by molar-refractivity contribution is -0.122. The molecule has 5 nitrogen and oxygen atoms in total. The molecule has 0 unspecified atom stereocenters. The first-order valence-electron chi connectivity index (χ1n) is 7.14. The van der Waals surface area contributed by atoms with Crippen LogP contribution in [-0.4, -0.2) is 17.8 Å². The Balaban J connectivity index is 2.05. The Hall–Kier alpha value is -2.73. The number of nitrogens with zero attached hydrogens (tertiary/aromatic N) is 1. The molecule has 0 radical (unpaired) electrons. The van der Waals surface area contributed by atoms with Crippen molar-refractivity contribution in [2.45, 2.75) is 13.3 Å². The first kappa shape index (κ1) is 15.2. The lowest BCUT2D eigenvalue weighted by Crippen LogP contribution is -2.54. The summed E-state index contributed by atoms with van der Waals surface area (Å²) in [6.07, 6.45) is 2.18. The van der Waals surface area contributed by atoms with Gasteiger partial charge in [-0.2, -0.15) is 0 Å². The molecule has 1 aromatic carbocycles. The van der Waals surface area contributed by atoms with Gasteiger partial charge in [-0.15, -0.1) is 11.3 Å². The van der Waals surface area contributed by atoms with E-state index in [1.54, 1.807) is 18.2 Å². The van der Waals surface area contributed by atoms with E-state index in [-0.39, 0.29) is 5.57 Å². The van der Waals surface area contributed by atoms with Gasteiger partial charge in [0.1, 0.15) is 5.57 Å². The van der Waals surface area contributed by atoms with Gasteiger partial charge in [-0.3, -0.25) is 14.9 Å². The van der Waals surface area contributed by atoms with Crippen LogP contribution in [-0.2, 0) is 16.0 Å². The third-order valence-corrected chi connectivity index (χ3v) is 4.36. The van der Waals surface area contributed by atoms with Crippen LogP contribution in [0.3, 0.4) is 0 Å². The molecule has 1 aliphatic heterocycles. The predicted molar refractivity (Wildman–Crippen MR) is 89.1 cm³/mol. The van der Waals surface area contributed by atoms with Crippen LogP contribution in [0.25, 0.3) is 6.08 Å². The van der Waals surface area contributed by atoms with E-state index in [9.17, 15) is 14.4 Å². The number of hydrogen-bond donors (Lipinski definition) is 1. The van der Waals surface area contributed by atoms with Gasteiger partial charge in [0.25, 0.3) is 11.8 Å². The van der Waals surface area contributed by atoms with Gasteiger partial charge < -0.3 is 0 Å². The maximum atomic E-state index is 12.7. The number of rotatable bonds is 3. The molecule has 0 saturated carbocycles. The lowest BCUT2D eigenvalue weighted by Gasteiger charge is -2.27. The standard InChI is InChI=1S/C17H14N2O3S/c1-2-11-6-3-4-8-14(11)19-16(21)13(15(20)18-17(19)22)10-12-7-5-9-23-12/h3-10H,2H2,1H3,(H,18,20,22). The Bertz CT molecular complexity index is 809. The lowest BCUT2D eigenvalue weighted by atomic mass is 10.1. The zero-order chi connectivity index (χ0) is 16.4. The molecule has 1 N–H and O–H groups in total. The molecule has 1 aliphatic rings. The van der Waals surface area contributed by atoms with Crippen LogP contribution in [0.15, 0.2) is 47.4 Å². The van der Waals surface area contributed by atoms with Crippen molar-refractivity contribution in [2.24, 2.45) is 0 Å². The first-order chi connectivity index (χ1) is 11.1. The second-order valence-corrected chi connectivity index (χ2v) is 5.93. The second kappa shape index (κ2) is 6.18. The van der Waals surface area contributed by atoms with Gasteiger partial charge in [0.15, 0.2) is 0 Å². The minimum atomic E-state index is -0.718. The number of benzene rings is 1. The van der Waals surface area contributed by atoms with E-state index in [4.69, 9.17) is 0 Å². The minimum absolute atomic E-state index is 0.0436. The van der Waals surface area contributed by atoms with Crippen molar-refractivity contribution in [3.8, 4) is 0 Å². The van der Waals surface area contributed by atoms with Gasteiger partial charge in [0, 0.05) is 4.88 Å². The highest BCUT2D eigenvalue weighted by Gasteiger charge is 2.37. The zero-order valence-corrected chi connectivity index (χ0v) is 13.2. The highest BCUT2D eigenvalue weighted by Crippen LogP contribution is 2.26. The average Bonchev–Trinajstić information content (AvgIpc) is 3.05. The summed E-state index contributed by atoms with van der Waals surface area (Å²) in [6.45, 7) is 1.94. The van der Waals surface area contributed by atoms with Crippen molar-refractivity contribution in [3.63, 3.8) is 0 Å². The molecule has 2 aromatic rings. The fraction of sp³-hybridized carbons (Fsp3) is 0.118. The highest BCUT2D eigenvalue weighted by molar-refractivity contribution is 7.10. The Morgan fingerprint density at radius 2 is 1.91 bits per heavy atom. The third-order valence-electron chi connectivity index (χ3n) is 3.54. The van der Waals surface area contributed by atoms with Gasteiger partial charge in [0.2, 0.25) is 0 Å². The van der Waals surface area contributed by atoms with Crippen LogP contribution >= 0.6 is 11.3 Å². The quantitative estimate of drug-likeness (QED) is 0.696. The number of imide groups is 2. The molecule has 1 saturated heterocycles. The number of amides is 4. The van der Waals surface area contributed by atoms with E-state index in [1.807, 2.05) is 30.5 Å². The van der Waals surface area contributed by atoms with Gasteiger partial charge >= 0.3 is 6.03 Å². The van der Waals surface area contributed by atoms with Crippen molar-refractivity contribution in [1.82, 2.24) is 5.32 Å². The number of carbonyl (C=O) groups is 3. The normalized spacial score (nSPS) is 16.8. The smallest absolute Gasteiger partial charge is 0.273 e. The van der Waals surface area contributed by atoms with Gasteiger partial charge in [-0.1, -0.05) is 31.2 Å². The molecule has 0 bridgehead atoms.